The average molecular weight is 242 g/mol. The molecule has 1 N–H and O–H groups in total. The van der Waals surface area contributed by atoms with Crippen LogP contribution in [0.4, 0.5) is 10.1 Å². The number of halogens is 2. The van der Waals surface area contributed by atoms with Crippen LogP contribution in [0.15, 0.2) is 30.5 Å². The highest BCUT2D eigenvalue weighted by molar-refractivity contribution is 6.33. The first kappa shape index (κ1) is 11.3. The second-order valence-corrected chi connectivity index (χ2v) is 4.12. The second kappa shape index (κ2) is 5.21. The van der Waals surface area contributed by atoms with Gasteiger partial charge in [-0.1, -0.05) is 11.6 Å². The predicted octanol–water partition coefficient (Wildman–Crippen LogP) is 3.58. The van der Waals surface area contributed by atoms with Crippen molar-refractivity contribution in [3.63, 3.8) is 0 Å². The molecule has 1 atom stereocenters. The Morgan fingerprint density at radius 3 is 3.06 bits per heavy atom. The molecule has 0 fully saturated rings. The lowest BCUT2D eigenvalue weighted by molar-refractivity contribution is 0.135. The molecule has 2 rings (SSSR count). The SMILES string of the molecule is Fc1ccc(NCC2CCC=CO2)c(Cl)c1. The van der Waals surface area contributed by atoms with Crippen LogP contribution in [0.25, 0.3) is 0 Å². The monoisotopic (exact) mass is 241 g/mol. The Balaban J connectivity index is 1.91. The first-order valence-corrected chi connectivity index (χ1v) is 5.63. The molecule has 0 bridgehead atoms. The van der Waals surface area contributed by atoms with Crippen molar-refractivity contribution in [1.29, 1.82) is 0 Å². The molecule has 86 valence electrons. The third-order valence-corrected chi connectivity index (χ3v) is 2.79. The summed E-state index contributed by atoms with van der Waals surface area (Å²) in [4.78, 5) is 0. The highest BCUT2D eigenvalue weighted by Crippen LogP contribution is 2.23. The summed E-state index contributed by atoms with van der Waals surface area (Å²) in [7, 11) is 0. The zero-order valence-corrected chi connectivity index (χ0v) is 9.51. The predicted molar refractivity (Wildman–Crippen MR) is 63.1 cm³/mol. The van der Waals surface area contributed by atoms with Crippen LogP contribution >= 0.6 is 11.6 Å². The molecule has 1 unspecified atom stereocenters. The quantitative estimate of drug-likeness (QED) is 0.873. The number of benzene rings is 1. The van der Waals surface area contributed by atoms with Crippen LogP contribution in [0.3, 0.4) is 0 Å². The summed E-state index contributed by atoms with van der Waals surface area (Å²) in [5.41, 5.74) is 0.737. The van der Waals surface area contributed by atoms with E-state index in [0.29, 0.717) is 11.6 Å². The van der Waals surface area contributed by atoms with Crippen molar-refractivity contribution in [1.82, 2.24) is 0 Å². The molecule has 0 saturated carbocycles. The number of hydrogen-bond acceptors (Lipinski definition) is 2. The molecule has 1 aromatic rings. The maximum absolute atomic E-state index is 12.8. The molecule has 0 aromatic heterocycles. The van der Waals surface area contributed by atoms with Gasteiger partial charge in [-0.25, -0.2) is 4.39 Å². The fourth-order valence-corrected chi connectivity index (χ4v) is 1.83. The summed E-state index contributed by atoms with van der Waals surface area (Å²) < 4.78 is 18.2. The molecular weight excluding hydrogens is 229 g/mol. The molecule has 0 saturated heterocycles. The van der Waals surface area contributed by atoms with Crippen molar-refractivity contribution in [3.8, 4) is 0 Å². The van der Waals surface area contributed by atoms with E-state index in [-0.39, 0.29) is 11.9 Å². The van der Waals surface area contributed by atoms with E-state index >= 15 is 0 Å². The van der Waals surface area contributed by atoms with E-state index in [4.69, 9.17) is 16.3 Å². The third kappa shape index (κ3) is 2.89. The minimum Gasteiger partial charge on any atom is -0.497 e. The molecule has 4 heteroatoms. The van der Waals surface area contributed by atoms with Crippen molar-refractivity contribution in [3.05, 3.63) is 41.4 Å². The van der Waals surface area contributed by atoms with Gasteiger partial charge < -0.3 is 10.1 Å². The van der Waals surface area contributed by atoms with Crippen molar-refractivity contribution < 1.29 is 9.13 Å². The standard InChI is InChI=1S/C12H13ClFNO/c13-11-7-9(14)4-5-12(11)15-8-10-3-1-2-6-16-10/h2,4-7,10,15H,1,3,8H2. The summed E-state index contributed by atoms with van der Waals surface area (Å²) in [6.07, 6.45) is 5.90. The molecule has 2 nitrogen and oxygen atoms in total. The van der Waals surface area contributed by atoms with E-state index in [0.717, 1.165) is 18.5 Å². The number of rotatable bonds is 3. The number of hydrogen-bond donors (Lipinski definition) is 1. The molecule has 1 aliphatic heterocycles. The lowest BCUT2D eigenvalue weighted by atomic mass is 10.1. The molecular formula is C12H13ClFNO. The first-order chi connectivity index (χ1) is 7.75. The number of nitrogens with one attached hydrogen (secondary N) is 1. The smallest absolute Gasteiger partial charge is 0.124 e. The van der Waals surface area contributed by atoms with Crippen molar-refractivity contribution >= 4 is 17.3 Å². The van der Waals surface area contributed by atoms with E-state index in [1.54, 1.807) is 12.3 Å². The Morgan fingerprint density at radius 1 is 1.50 bits per heavy atom. The maximum Gasteiger partial charge on any atom is 0.124 e. The summed E-state index contributed by atoms with van der Waals surface area (Å²) in [5, 5.41) is 3.55. The number of anilines is 1. The lowest BCUT2D eigenvalue weighted by Crippen LogP contribution is -2.23. The minimum absolute atomic E-state index is 0.158. The van der Waals surface area contributed by atoms with Crippen molar-refractivity contribution in [2.45, 2.75) is 18.9 Å². The van der Waals surface area contributed by atoms with Gasteiger partial charge in [0.15, 0.2) is 0 Å². The molecule has 1 aliphatic rings. The molecule has 16 heavy (non-hydrogen) atoms. The van der Waals surface area contributed by atoms with E-state index < -0.39 is 0 Å². The normalized spacial score (nSPS) is 19.2. The van der Waals surface area contributed by atoms with Gasteiger partial charge in [0.2, 0.25) is 0 Å². The molecule has 0 amide bonds. The largest absolute Gasteiger partial charge is 0.497 e. The Labute approximate surface area is 99.1 Å². The summed E-state index contributed by atoms with van der Waals surface area (Å²) in [5.74, 6) is -0.326. The Morgan fingerprint density at radius 2 is 2.38 bits per heavy atom. The third-order valence-electron chi connectivity index (χ3n) is 2.47. The molecule has 0 spiro atoms. The van der Waals surface area contributed by atoms with Gasteiger partial charge in [0.05, 0.1) is 23.5 Å². The lowest BCUT2D eigenvalue weighted by Gasteiger charge is -2.20. The molecule has 0 radical (unpaired) electrons. The fraction of sp³-hybridized carbons (Fsp3) is 0.333. The number of ether oxygens (including phenoxy) is 1. The van der Waals surface area contributed by atoms with Gasteiger partial charge in [0.1, 0.15) is 11.9 Å². The van der Waals surface area contributed by atoms with Crippen molar-refractivity contribution in [2.24, 2.45) is 0 Å². The molecule has 1 aromatic carbocycles. The number of allylic oxidation sites excluding steroid dienone is 1. The zero-order valence-electron chi connectivity index (χ0n) is 8.75. The Hall–Kier alpha value is -1.22. The second-order valence-electron chi connectivity index (χ2n) is 3.71. The summed E-state index contributed by atoms with van der Waals surface area (Å²) in [6, 6.07) is 4.32. The topological polar surface area (TPSA) is 21.3 Å². The van der Waals surface area contributed by atoms with Crippen LogP contribution < -0.4 is 5.32 Å². The van der Waals surface area contributed by atoms with Gasteiger partial charge in [-0.15, -0.1) is 0 Å². The van der Waals surface area contributed by atoms with E-state index in [2.05, 4.69) is 5.32 Å². The van der Waals surface area contributed by atoms with Crippen LogP contribution in [0.2, 0.25) is 5.02 Å². The zero-order chi connectivity index (χ0) is 11.4. The van der Waals surface area contributed by atoms with Crippen LogP contribution in [0.1, 0.15) is 12.8 Å². The van der Waals surface area contributed by atoms with E-state index in [9.17, 15) is 4.39 Å². The highest BCUT2D eigenvalue weighted by Gasteiger charge is 2.11. The van der Waals surface area contributed by atoms with E-state index in [1.807, 2.05) is 6.08 Å². The van der Waals surface area contributed by atoms with Gasteiger partial charge in [0.25, 0.3) is 0 Å². The summed E-state index contributed by atoms with van der Waals surface area (Å²) >= 11 is 5.89. The maximum atomic E-state index is 12.8. The minimum atomic E-state index is -0.326. The average Bonchev–Trinajstić information content (AvgIpc) is 2.29. The van der Waals surface area contributed by atoms with Gasteiger partial charge in [-0.3, -0.25) is 0 Å². The molecule has 1 heterocycles. The first-order valence-electron chi connectivity index (χ1n) is 5.25. The van der Waals surface area contributed by atoms with Gasteiger partial charge >= 0.3 is 0 Å². The van der Waals surface area contributed by atoms with Crippen LogP contribution in [-0.2, 0) is 4.74 Å². The Bertz CT molecular complexity index is 395. The fourth-order valence-electron chi connectivity index (χ4n) is 1.59. The van der Waals surface area contributed by atoms with Crippen LogP contribution in [0.5, 0.6) is 0 Å². The van der Waals surface area contributed by atoms with Gasteiger partial charge in [-0.2, -0.15) is 0 Å². The van der Waals surface area contributed by atoms with E-state index in [1.165, 1.54) is 12.1 Å². The highest BCUT2D eigenvalue weighted by atomic mass is 35.5. The van der Waals surface area contributed by atoms with Crippen LogP contribution in [0, 0.1) is 5.82 Å². The molecule has 0 aliphatic carbocycles. The van der Waals surface area contributed by atoms with Crippen LogP contribution in [-0.4, -0.2) is 12.6 Å². The van der Waals surface area contributed by atoms with Gasteiger partial charge in [0, 0.05) is 0 Å². The van der Waals surface area contributed by atoms with Crippen molar-refractivity contribution in [2.75, 3.05) is 11.9 Å². The summed E-state index contributed by atoms with van der Waals surface area (Å²) in [6.45, 7) is 0.676. The Kier molecular flexibility index (Phi) is 3.67. The van der Waals surface area contributed by atoms with Gasteiger partial charge in [-0.05, 0) is 37.1 Å².